The molecule has 0 atom stereocenters. The number of carbonyl (C=O) groups excluding carboxylic acids is 1. The van der Waals surface area contributed by atoms with E-state index in [-0.39, 0.29) is 31.4 Å². The largest absolute Gasteiger partial charge is 0.493 e. The fourth-order valence-corrected chi connectivity index (χ4v) is 2.78. The lowest BCUT2D eigenvalue weighted by Gasteiger charge is -2.20. The SMILES string of the molecule is COc1cc(Cl)cc2c1OCC(=O)N(Cc1ccccc1F)C2. The molecule has 120 valence electrons. The van der Waals surface area contributed by atoms with E-state index in [1.165, 1.54) is 13.2 Å². The zero-order chi connectivity index (χ0) is 16.4. The Morgan fingerprint density at radius 3 is 2.87 bits per heavy atom. The summed E-state index contributed by atoms with van der Waals surface area (Å²) in [5.74, 6) is 0.423. The van der Waals surface area contributed by atoms with E-state index < -0.39 is 0 Å². The lowest BCUT2D eigenvalue weighted by atomic mass is 10.1. The number of methoxy groups -OCH3 is 1. The summed E-state index contributed by atoms with van der Waals surface area (Å²) in [5.41, 5.74) is 1.19. The van der Waals surface area contributed by atoms with Crippen LogP contribution in [0.3, 0.4) is 0 Å². The first-order valence-electron chi connectivity index (χ1n) is 7.09. The van der Waals surface area contributed by atoms with Crippen molar-refractivity contribution >= 4 is 17.5 Å². The Morgan fingerprint density at radius 2 is 2.13 bits per heavy atom. The van der Waals surface area contributed by atoms with Crippen LogP contribution in [-0.2, 0) is 17.9 Å². The summed E-state index contributed by atoms with van der Waals surface area (Å²) in [6.07, 6.45) is 0. The van der Waals surface area contributed by atoms with Gasteiger partial charge in [-0.2, -0.15) is 0 Å². The minimum atomic E-state index is -0.339. The Kier molecular flexibility index (Phi) is 4.39. The Balaban J connectivity index is 1.93. The average molecular weight is 336 g/mol. The molecule has 0 aliphatic carbocycles. The number of nitrogens with zero attached hydrogens (tertiary/aromatic N) is 1. The van der Waals surface area contributed by atoms with Gasteiger partial charge in [-0.15, -0.1) is 0 Å². The van der Waals surface area contributed by atoms with Gasteiger partial charge in [0.15, 0.2) is 18.1 Å². The van der Waals surface area contributed by atoms with Crippen LogP contribution >= 0.6 is 11.6 Å². The number of ether oxygens (including phenoxy) is 2. The van der Waals surface area contributed by atoms with Crippen LogP contribution in [0.25, 0.3) is 0 Å². The molecule has 1 heterocycles. The summed E-state index contributed by atoms with van der Waals surface area (Å²) in [6, 6.07) is 9.76. The number of rotatable bonds is 3. The molecule has 0 saturated carbocycles. The van der Waals surface area contributed by atoms with Crippen LogP contribution in [-0.4, -0.2) is 24.5 Å². The first kappa shape index (κ1) is 15.6. The van der Waals surface area contributed by atoms with Gasteiger partial charge in [0.2, 0.25) is 0 Å². The minimum Gasteiger partial charge on any atom is -0.493 e. The molecule has 0 saturated heterocycles. The number of carbonyl (C=O) groups is 1. The molecule has 0 bridgehead atoms. The highest BCUT2D eigenvalue weighted by Crippen LogP contribution is 2.37. The van der Waals surface area contributed by atoms with Gasteiger partial charge < -0.3 is 14.4 Å². The fraction of sp³-hybridized carbons (Fsp3) is 0.235. The molecule has 0 radical (unpaired) electrons. The van der Waals surface area contributed by atoms with Crippen LogP contribution in [0, 0.1) is 5.82 Å². The summed E-state index contributed by atoms with van der Waals surface area (Å²) in [6.45, 7) is 0.321. The minimum absolute atomic E-state index is 0.126. The monoisotopic (exact) mass is 335 g/mol. The van der Waals surface area contributed by atoms with E-state index in [4.69, 9.17) is 21.1 Å². The molecule has 1 aliphatic rings. The van der Waals surface area contributed by atoms with Crippen LogP contribution in [0.15, 0.2) is 36.4 Å². The fourth-order valence-electron chi connectivity index (χ4n) is 2.55. The van der Waals surface area contributed by atoms with Crippen molar-refractivity contribution < 1.29 is 18.7 Å². The third-order valence-corrected chi connectivity index (χ3v) is 3.91. The van der Waals surface area contributed by atoms with Crippen LogP contribution in [0.4, 0.5) is 4.39 Å². The molecule has 6 heteroatoms. The average Bonchev–Trinajstić information content (AvgIpc) is 2.68. The first-order valence-corrected chi connectivity index (χ1v) is 7.46. The molecule has 0 N–H and O–H groups in total. The molecule has 3 rings (SSSR count). The molecule has 1 amide bonds. The number of amides is 1. The molecule has 0 aromatic heterocycles. The molecule has 4 nitrogen and oxygen atoms in total. The van der Waals surface area contributed by atoms with E-state index in [0.717, 1.165) is 5.56 Å². The molecule has 0 fully saturated rings. The highest BCUT2D eigenvalue weighted by Gasteiger charge is 2.25. The Hall–Kier alpha value is -2.27. The summed E-state index contributed by atoms with van der Waals surface area (Å²) < 4.78 is 24.7. The lowest BCUT2D eigenvalue weighted by Crippen LogP contribution is -2.32. The molecule has 23 heavy (non-hydrogen) atoms. The van der Waals surface area contributed by atoms with E-state index in [9.17, 15) is 9.18 Å². The first-order chi connectivity index (χ1) is 11.1. The molecule has 0 spiro atoms. The van der Waals surface area contributed by atoms with Crippen molar-refractivity contribution in [2.24, 2.45) is 0 Å². The van der Waals surface area contributed by atoms with Crippen LogP contribution < -0.4 is 9.47 Å². The summed E-state index contributed by atoms with van der Waals surface area (Å²) in [4.78, 5) is 13.8. The van der Waals surface area contributed by atoms with Crippen molar-refractivity contribution in [2.45, 2.75) is 13.1 Å². The molecule has 2 aromatic rings. The van der Waals surface area contributed by atoms with Crippen LogP contribution in [0.5, 0.6) is 11.5 Å². The van der Waals surface area contributed by atoms with E-state index >= 15 is 0 Å². The van der Waals surface area contributed by atoms with E-state index in [2.05, 4.69) is 0 Å². The van der Waals surface area contributed by atoms with Gasteiger partial charge in [0.25, 0.3) is 5.91 Å². The maximum absolute atomic E-state index is 13.8. The molecular formula is C17H15ClFNO3. The van der Waals surface area contributed by atoms with Gasteiger partial charge >= 0.3 is 0 Å². The maximum atomic E-state index is 13.8. The number of hydrogen-bond donors (Lipinski definition) is 0. The zero-order valence-electron chi connectivity index (χ0n) is 12.5. The number of fused-ring (bicyclic) bond motifs is 1. The second-order valence-electron chi connectivity index (χ2n) is 5.23. The quantitative estimate of drug-likeness (QED) is 0.863. The van der Waals surface area contributed by atoms with Gasteiger partial charge in [-0.25, -0.2) is 4.39 Å². The van der Waals surface area contributed by atoms with Gasteiger partial charge in [0, 0.05) is 35.3 Å². The predicted molar refractivity (Wildman–Crippen MR) is 84.2 cm³/mol. The zero-order valence-corrected chi connectivity index (χ0v) is 13.3. The number of benzene rings is 2. The van der Waals surface area contributed by atoms with Crippen molar-refractivity contribution in [3.05, 3.63) is 58.4 Å². The smallest absolute Gasteiger partial charge is 0.261 e. The van der Waals surface area contributed by atoms with E-state index in [1.54, 1.807) is 35.2 Å². The van der Waals surface area contributed by atoms with E-state index in [1.807, 2.05) is 0 Å². The third kappa shape index (κ3) is 3.24. The molecule has 0 unspecified atom stereocenters. The molecule has 1 aliphatic heterocycles. The topological polar surface area (TPSA) is 38.8 Å². The lowest BCUT2D eigenvalue weighted by molar-refractivity contribution is -0.133. The standard InChI is InChI=1S/C17H15ClFNO3/c1-22-15-7-13(18)6-12-9-20(16(21)10-23-17(12)15)8-11-4-2-3-5-14(11)19/h2-7H,8-10H2,1H3. The summed E-state index contributed by atoms with van der Waals surface area (Å²) in [7, 11) is 1.51. The second-order valence-corrected chi connectivity index (χ2v) is 5.66. The maximum Gasteiger partial charge on any atom is 0.261 e. The van der Waals surface area contributed by atoms with Gasteiger partial charge in [-0.1, -0.05) is 29.8 Å². The van der Waals surface area contributed by atoms with Gasteiger partial charge in [0.1, 0.15) is 5.82 Å². The molecule has 2 aromatic carbocycles. The van der Waals surface area contributed by atoms with Crippen molar-refractivity contribution in [3.63, 3.8) is 0 Å². The third-order valence-electron chi connectivity index (χ3n) is 3.69. The van der Waals surface area contributed by atoms with Crippen LogP contribution in [0.2, 0.25) is 5.02 Å². The van der Waals surface area contributed by atoms with Crippen molar-refractivity contribution in [1.82, 2.24) is 4.90 Å². The Bertz CT molecular complexity index is 751. The van der Waals surface area contributed by atoms with Gasteiger partial charge in [0.05, 0.1) is 7.11 Å². The van der Waals surface area contributed by atoms with Crippen molar-refractivity contribution in [3.8, 4) is 11.5 Å². The summed E-state index contributed by atoms with van der Waals surface area (Å²) >= 11 is 6.08. The van der Waals surface area contributed by atoms with E-state index in [0.29, 0.717) is 22.1 Å². The Morgan fingerprint density at radius 1 is 1.35 bits per heavy atom. The van der Waals surface area contributed by atoms with Gasteiger partial charge in [-0.05, 0) is 12.1 Å². The van der Waals surface area contributed by atoms with Crippen molar-refractivity contribution in [1.29, 1.82) is 0 Å². The van der Waals surface area contributed by atoms with Crippen LogP contribution in [0.1, 0.15) is 11.1 Å². The van der Waals surface area contributed by atoms with Gasteiger partial charge in [-0.3, -0.25) is 4.79 Å². The highest BCUT2D eigenvalue weighted by atomic mass is 35.5. The molecular weight excluding hydrogens is 321 g/mol. The second kappa shape index (κ2) is 6.46. The van der Waals surface area contributed by atoms with Crippen molar-refractivity contribution in [2.75, 3.05) is 13.7 Å². The normalized spacial score (nSPS) is 14.0. The predicted octanol–water partition coefficient (Wildman–Crippen LogP) is 3.41. The number of halogens is 2. The number of hydrogen-bond acceptors (Lipinski definition) is 3. The highest BCUT2D eigenvalue weighted by molar-refractivity contribution is 6.30. The Labute approximate surface area is 138 Å². The summed E-state index contributed by atoms with van der Waals surface area (Å²) in [5, 5.41) is 0.490.